The molecule has 0 bridgehead atoms. The number of rotatable bonds is 53. The van der Waals surface area contributed by atoms with E-state index in [9.17, 15) is 14.4 Å². The number of carbonyl (C=O) groups excluding carboxylic acids is 3. The minimum atomic E-state index is -0.773. The lowest BCUT2D eigenvalue weighted by molar-refractivity contribution is -0.167. The van der Waals surface area contributed by atoms with E-state index in [0.29, 0.717) is 19.3 Å². The molecule has 0 N–H and O–H groups in total. The third-order valence-corrected chi connectivity index (χ3v) is 13.0. The van der Waals surface area contributed by atoms with Gasteiger partial charge in [-0.15, -0.1) is 0 Å². The summed E-state index contributed by atoms with van der Waals surface area (Å²) in [6.07, 6.45) is 63.0. The van der Waals surface area contributed by atoms with Gasteiger partial charge >= 0.3 is 17.9 Å². The molecular formula is C59H110O6. The summed E-state index contributed by atoms with van der Waals surface area (Å²) in [6, 6.07) is 0. The summed E-state index contributed by atoms with van der Waals surface area (Å²) in [7, 11) is 0. The van der Waals surface area contributed by atoms with Crippen molar-refractivity contribution < 1.29 is 28.6 Å². The standard InChI is InChI=1S/C59H110O6/c1-4-7-10-13-16-19-22-25-28-29-32-34-37-40-43-46-49-52-58(61)64-55-56(65-59(62)53-50-47-44-41-38-35-31-27-24-21-18-15-12-9-6-3)54-63-57(60)51-48-45-42-39-36-33-30-26-23-20-17-14-11-8-5-2/h18,21,27,31,56H,4-17,19-20,22-26,28-30,32-55H2,1-3H3. The highest BCUT2D eigenvalue weighted by atomic mass is 16.6. The van der Waals surface area contributed by atoms with Crippen LogP contribution in [0.1, 0.15) is 316 Å². The second-order valence-corrected chi connectivity index (χ2v) is 19.6. The van der Waals surface area contributed by atoms with Crippen molar-refractivity contribution in [2.45, 2.75) is 322 Å². The van der Waals surface area contributed by atoms with Gasteiger partial charge in [0.25, 0.3) is 0 Å². The molecule has 0 aromatic carbocycles. The van der Waals surface area contributed by atoms with E-state index >= 15 is 0 Å². The van der Waals surface area contributed by atoms with Crippen molar-refractivity contribution in [1.82, 2.24) is 0 Å². The van der Waals surface area contributed by atoms with Gasteiger partial charge in [-0.25, -0.2) is 0 Å². The lowest BCUT2D eigenvalue weighted by atomic mass is 10.0. The second kappa shape index (κ2) is 54.5. The minimum absolute atomic E-state index is 0.0715. The lowest BCUT2D eigenvalue weighted by Gasteiger charge is -2.18. The zero-order valence-corrected chi connectivity index (χ0v) is 43.8. The van der Waals surface area contributed by atoms with Gasteiger partial charge in [0.1, 0.15) is 13.2 Å². The Hall–Kier alpha value is -2.11. The zero-order valence-electron chi connectivity index (χ0n) is 43.8. The van der Waals surface area contributed by atoms with E-state index in [1.807, 2.05) is 0 Å². The van der Waals surface area contributed by atoms with Crippen molar-refractivity contribution in [3.05, 3.63) is 24.3 Å². The molecule has 0 fully saturated rings. The highest BCUT2D eigenvalue weighted by molar-refractivity contribution is 5.71. The Morgan fingerprint density at radius 1 is 0.308 bits per heavy atom. The van der Waals surface area contributed by atoms with Crippen molar-refractivity contribution in [3.8, 4) is 0 Å². The molecule has 0 aliphatic rings. The van der Waals surface area contributed by atoms with Gasteiger partial charge in [0.05, 0.1) is 0 Å². The van der Waals surface area contributed by atoms with Crippen molar-refractivity contribution in [3.63, 3.8) is 0 Å². The zero-order chi connectivity index (χ0) is 47.2. The van der Waals surface area contributed by atoms with Crippen LogP contribution in [0.2, 0.25) is 0 Å². The van der Waals surface area contributed by atoms with Crippen LogP contribution in [0.5, 0.6) is 0 Å². The van der Waals surface area contributed by atoms with Crippen molar-refractivity contribution in [2.24, 2.45) is 0 Å². The molecule has 0 aliphatic carbocycles. The number of hydrogen-bond acceptors (Lipinski definition) is 6. The molecule has 1 atom stereocenters. The van der Waals surface area contributed by atoms with Crippen LogP contribution in [0.15, 0.2) is 24.3 Å². The van der Waals surface area contributed by atoms with Crippen LogP contribution >= 0.6 is 0 Å². The molecule has 0 saturated heterocycles. The van der Waals surface area contributed by atoms with E-state index in [4.69, 9.17) is 14.2 Å². The quantitative estimate of drug-likeness (QED) is 0.0262. The largest absolute Gasteiger partial charge is 0.462 e. The highest BCUT2D eigenvalue weighted by Gasteiger charge is 2.19. The molecule has 0 aliphatic heterocycles. The molecular weight excluding hydrogens is 805 g/mol. The van der Waals surface area contributed by atoms with Crippen LogP contribution in [-0.2, 0) is 28.6 Å². The Morgan fingerprint density at radius 3 is 0.877 bits per heavy atom. The fraction of sp³-hybridized carbons (Fsp3) is 0.881. The Bertz CT molecular complexity index is 1050. The van der Waals surface area contributed by atoms with E-state index in [1.54, 1.807) is 0 Å². The second-order valence-electron chi connectivity index (χ2n) is 19.6. The normalized spacial score (nSPS) is 12.1. The molecule has 6 heteroatoms. The molecule has 0 rings (SSSR count). The van der Waals surface area contributed by atoms with Crippen molar-refractivity contribution in [1.29, 1.82) is 0 Å². The van der Waals surface area contributed by atoms with Crippen LogP contribution in [0, 0.1) is 0 Å². The third-order valence-electron chi connectivity index (χ3n) is 13.0. The van der Waals surface area contributed by atoms with Gasteiger partial charge in [-0.05, 0) is 51.4 Å². The third kappa shape index (κ3) is 52.7. The van der Waals surface area contributed by atoms with Gasteiger partial charge in [0.15, 0.2) is 6.10 Å². The number of carbonyl (C=O) groups is 3. The average molecular weight is 916 g/mol. The fourth-order valence-electron chi connectivity index (χ4n) is 8.59. The molecule has 0 heterocycles. The molecule has 0 saturated carbocycles. The molecule has 0 spiro atoms. The summed E-state index contributed by atoms with van der Waals surface area (Å²) >= 11 is 0. The summed E-state index contributed by atoms with van der Waals surface area (Å²) in [5, 5.41) is 0. The number of allylic oxidation sites excluding steroid dienone is 4. The van der Waals surface area contributed by atoms with Gasteiger partial charge in [-0.1, -0.05) is 270 Å². The van der Waals surface area contributed by atoms with Crippen LogP contribution < -0.4 is 0 Å². The van der Waals surface area contributed by atoms with Crippen LogP contribution in [0.4, 0.5) is 0 Å². The van der Waals surface area contributed by atoms with Crippen LogP contribution in [-0.4, -0.2) is 37.2 Å². The van der Waals surface area contributed by atoms with Gasteiger partial charge < -0.3 is 14.2 Å². The number of esters is 3. The Labute approximate surface area is 404 Å². The topological polar surface area (TPSA) is 78.9 Å². The van der Waals surface area contributed by atoms with Gasteiger partial charge in [-0.3, -0.25) is 14.4 Å². The molecule has 1 unspecified atom stereocenters. The van der Waals surface area contributed by atoms with E-state index in [-0.39, 0.29) is 31.1 Å². The first-order valence-corrected chi connectivity index (χ1v) is 28.8. The lowest BCUT2D eigenvalue weighted by Crippen LogP contribution is -2.30. The van der Waals surface area contributed by atoms with E-state index in [2.05, 4.69) is 45.1 Å². The molecule has 0 radical (unpaired) electrons. The summed E-state index contributed by atoms with van der Waals surface area (Å²) < 4.78 is 16.9. The first-order chi connectivity index (χ1) is 32.0. The highest BCUT2D eigenvalue weighted by Crippen LogP contribution is 2.17. The number of unbranched alkanes of at least 4 members (excludes halogenated alkanes) is 38. The first kappa shape index (κ1) is 62.9. The average Bonchev–Trinajstić information content (AvgIpc) is 3.30. The Kier molecular flexibility index (Phi) is 52.7. The van der Waals surface area contributed by atoms with Crippen LogP contribution in [0.3, 0.4) is 0 Å². The summed E-state index contributed by atoms with van der Waals surface area (Å²) in [5.74, 6) is -0.863. The minimum Gasteiger partial charge on any atom is -0.462 e. The Morgan fingerprint density at radius 2 is 0.554 bits per heavy atom. The van der Waals surface area contributed by atoms with E-state index in [1.165, 1.54) is 199 Å². The van der Waals surface area contributed by atoms with Gasteiger partial charge in [0, 0.05) is 19.3 Å². The molecule has 0 aromatic rings. The van der Waals surface area contributed by atoms with Gasteiger partial charge in [-0.2, -0.15) is 0 Å². The van der Waals surface area contributed by atoms with E-state index < -0.39 is 6.10 Å². The SMILES string of the molecule is CCCCCC=CCC=CCCCCCCCC(=O)OC(COC(=O)CCCCCCCCCCCCCCCCC)COC(=O)CCCCCCCCCCCCCCCCCCC. The maximum absolute atomic E-state index is 12.8. The van der Waals surface area contributed by atoms with Crippen molar-refractivity contribution in [2.75, 3.05) is 13.2 Å². The molecule has 0 amide bonds. The molecule has 382 valence electrons. The Balaban J connectivity index is 4.34. The van der Waals surface area contributed by atoms with Crippen molar-refractivity contribution >= 4 is 17.9 Å². The van der Waals surface area contributed by atoms with Gasteiger partial charge in [0.2, 0.25) is 0 Å². The maximum Gasteiger partial charge on any atom is 0.306 e. The summed E-state index contributed by atoms with van der Waals surface area (Å²) in [4.78, 5) is 38.1. The maximum atomic E-state index is 12.8. The molecule has 6 nitrogen and oxygen atoms in total. The number of ether oxygens (including phenoxy) is 3. The monoisotopic (exact) mass is 915 g/mol. The fourth-order valence-corrected chi connectivity index (χ4v) is 8.59. The predicted molar refractivity (Wildman–Crippen MR) is 279 cm³/mol. The first-order valence-electron chi connectivity index (χ1n) is 28.8. The molecule has 0 aromatic heterocycles. The van der Waals surface area contributed by atoms with Crippen LogP contribution in [0.25, 0.3) is 0 Å². The molecule has 65 heavy (non-hydrogen) atoms. The summed E-state index contributed by atoms with van der Waals surface area (Å²) in [6.45, 7) is 6.65. The smallest absolute Gasteiger partial charge is 0.306 e. The van der Waals surface area contributed by atoms with E-state index in [0.717, 1.165) is 77.0 Å². The predicted octanol–water partition coefficient (Wildman–Crippen LogP) is 19.1. The number of hydrogen-bond donors (Lipinski definition) is 0. The summed E-state index contributed by atoms with van der Waals surface area (Å²) in [5.41, 5.74) is 0.